The lowest BCUT2D eigenvalue weighted by atomic mass is 10.1. The van der Waals surface area contributed by atoms with Crippen molar-refractivity contribution in [2.75, 3.05) is 11.9 Å². The van der Waals surface area contributed by atoms with Crippen LogP contribution in [0.2, 0.25) is 0 Å². The zero-order valence-corrected chi connectivity index (χ0v) is 17.3. The van der Waals surface area contributed by atoms with Crippen molar-refractivity contribution >= 4 is 23.6 Å². The fraction of sp³-hybridized carbons (Fsp3) is 0.318. The molecular weight excluding hydrogens is 389 g/mol. The van der Waals surface area contributed by atoms with Gasteiger partial charge in [-0.1, -0.05) is 24.3 Å². The smallest absolute Gasteiger partial charge is 0.408 e. The molecule has 0 fully saturated rings. The van der Waals surface area contributed by atoms with Gasteiger partial charge in [0, 0.05) is 12.2 Å². The first-order valence-corrected chi connectivity index (χ1v) is 9.47. The molecule has 160 valence electrons. The first-order valence-electron chi connectivity index (χ1n) is 9.47. The molecule has 3 N–H and O–H groups in total. The number of hydrogen-bond donors (Lipinski definition) is 3. The maximum Gasteiger partial charge on any atom is 0.408 e. The zero-order chi connectivity index (χ0) is 22.1. The number of ether oxygens (including phenoxy) is 1. The Bertz CT molecular complexity index is 875. The Morgan fingerprint density at radius 3 is 2.07 bits per heavy atom. The van der Waals surface area contributed by atoms with E-state index in [-0.39, 0.29) is 37.1 Å². The van der Waals surface area contributed by atoms with Crippen molar-refractivity contribution in [2.24, 2.45) is 0 Å². The van der Waals surface area contributed by atoms with Crippen LogP contribution in [-0.2, 0) is 27.3 Å². The van der Waals surface area contributed by atoms with Crippen LogP contribution < -0.4 is 16.0 Å². The van der Waals surface area contributed by atoms with Crippen LogP contribution in [0.4, 0.5) is 14.9 Å². The van der Waals surface area contributed by atoms with Crippen LogP contribution in [0.3, 0.4) is 0 Å². The van der Waals surface area contributed by atoms with Crippen molar-refractivity contribution in [2.45, 2.75) is 39.3 Å². The van der Waals surface area contributed by atoms with Crippen molar-refractivity contribution in [3.63, 3.8) is 0 Å². The normalized spacial score (nSPS) is 10.8. The first kappa shape index (κ1) is 22.9. The Kier molecular flexibility index (Phi) is 7.91. The largest absolute Gasteiger partial charge is 0.444 e. The molecule has 2 aromatic rings. The van der Waals surface area contributed by atoms with E-state index in [1.165, 1.54) is 12.1 Å². The highest BCUT2D eigenvalue weighted by Gasteiger charge is 2.16. The Morgan fingerprint density at radius 2 is 1.47 bits per heavy atom. The summed E-state index contributed by atoms with van der Waals surface area (Å²) < 4.78 is 18.0. The molecule has 2 rings (SSSR count). The van der Waals surface area contributed by atoms with E-state index in [9.17, 15) is 18.8 Å². The quantitative estimate of drug-likeness (QED) is 0.647. The minimum atomic E-state index is -0.654. The van der Waals surface area contributed by atoms with Gasteiger partial charge in [0.2, 0.25) is 11.8 Å². The summed E-state index contributed by atoms with van der Waals surface area (Å²) in [5.74, 6) is -0.907. The van der Waals surface area contributed by atoms with Crippen molar-refractivity contribution < 1.29 is 23.5 Å². The fourth-order valence-corrected chi connectivity index (χ4v) is 2.43. The van der Waals surface area contributed by atoms with Gasteiger partial charge in [-0.15, -0.1) is 0 Å². The number of anilines is 1. The summed E-state index contributed by atoms with van der Waals surface area (Å²) in [5.41, 5.74) is 1.53. The summed E-state index contributed by atoms with van der Waals surface area (Å²) in [6, 6.07) is 12.8. The van der Waals surface area contributed by atoms with E-state index in [1.807, 2.05) is 0 Å². The van der Waals surface area contributed by atoms with Crippen LogP contribution >= 0.6 is 0 Å². The number of amides is 3. The topological polar surface area (TPSA) is 96.5 Å². The van der Waals surface area contributed by atoms with Gasteiger partial charge in [-0.2, -0.15) is 0 Å². The molecule has 0 radical (unpaired) electrons. The van der Waals surface area contributed by atoms with E-state index in [2.05, 4.69) is 16.0 Å². The molecule has 0 aromatic heterocycles. The summed E-state index contributed by atoms with van der Waals surface area (Å²) in [6.07, 6.45) is -0.513. The summed E-state index contributed by atoms with van der Waals surface area (Å²) in [7, 11) is 0. The van der Waals surface area contributed by atoms with E-state index in [0.29, 0.717) is 11.3 Å². The van der Waals surface area contributed by atoms with Crippen LogP contribution in [0, 0.1) is 5.82 Å². The van der Waals surface area contributed by atoms with E-state index in [4.69, 9.17) is 4.74 Å². The van der Waals surface area contributed by atoms with Gasteiger partial charge in [0.15, 0.2) is 0 Å². The molecule has 0 aliphatic heterocycles. The highest BCUT2D eigenvalue weighted by atomic mass is 19.1. The molecule has 7 nitrogen and oxygen atoms in total. The third-order valence-electron chi connectivity index (χ3n) is 3.80. The van der Waals surface area contributed by atoms with Crippen molar-refractivity contribution in [3.8, 4) is 0 Å². The van der Waals surface area contributed by atoms with Crippen LogP contribution in [0.15, 0.2) is 48.5 Å². The van der Waals surface area contributed by atoms with E-state index < -0.39 is 11.7 Å². The second kappa shape index (κ2) is 10.4. The fourth-order valence-electron chi connectivity index (χ4n) is 2.43. The SMILES string of the molecule is CC(C)(C)OC(=O)NCC(=O)NCc1ccc(NC(=O)Cc2ccc(F)cc2)cc1. The monoisotopic (exact) mass is 415 g/mol. The summed E-state index contributed by atoms with van der Waals surface area (Å²) in [5, 5.41) is 7.84. The number of rotatable bonds is 7. The number of carbonyl (C=O) groups excluding carboxylic acids is 3. The molecule has 2 aromatic carbocycles. The standard InChI is InChI=1S/C22H26FN3O4/c1-22(2,3)30-21(29)25-14-20(28)24-13-16-6-10-18(11-7-16)26-19(27)12-15-4-8-17(23)9-5-15/h4-11H,12-14H2,1-3H3,(H,24,28)(H,25,29)(H,26,27). The van der Waals surface area contributed by atoms with E-state index in [1.54, 1.807) is 57.2 Å². The van der Waals surface area contributed by atoms with Crippen LogP contribution in [0.1, 0.15) is 31.9 Å². The average Bonchev–Trinajstić information content (AvgIpc) is 2.66. The number of benzene rings is 2. The molecule has 0 saturated carbocycles. The third-order valence-corrected chi connectivity index (χ3v) is 3.80. The van der Waals surface area contributed by atoms with Gasteiger partial charge in [-0.3, -0.25) is 9.59 Å². The average molecular weight is 415 g/mol. The van der Waals surface area contributed by atoms with Gasteiger partial charge in [-0.05, 0) is 56.2 Å². The molecule has 0 unspecified atom stereocenters. The molecule has 8 heteroatoms. The Hall–Kier alpha value is -3.42. The molecule has 0 saturated heterocycles. The number of hydrogen-bond acceptors (Lipinski definition) is 4. The lowest BCUT2D eigenvalue weighted by molar-refractivity contribution is -0.120. The van der Waals surface area contributed by atoms with E-state index in [0.717, 1.165) is 5.56 Å². The summed E-state index contributed by atoms with van der Waals surface area (Å²) in [4.78, 5) is 35.4. The molecule has 0 bridgehead atoms. The number of alkyl carbamates (subject to hydrolysis) is 1. The molecule has 0 heterocycles. The zero-order valence-electron chi connectivity index (χ0n) is 17.3. The number of nitrogens with one attached hydrogen (secondary N) is 3. The van der Waals surface area contributed by atoms with Gasteiger partial charge < -0.3 is 20.7 Å². The van der Waals surface area contributed by atoms with Crippen LogP contribution in [0.5, 0.6) is 0 Å². The van der Waals surface area contributed by atoms with Gasteiger partial charge in [0.25, 0.3) is 0 Å². The van der Waals surface area contributed by atoms with Crippen molar-refractivity contribution in [1.29, 1.82) is 0 Å². The minimum Gasteiger partial charge on any atom is -0.444 e. The Labute approximate surface area is 175 Å². The lowest BCUT2D eigenvalue weighted by Crippen LogP contribution is -2.39. The molecule has 30 heavy (non-hydrogen) atoms. The number of carbonyl (C=O) groups is 3. The van der Waals surface area contributed by atoms with Crippen molar-refractivity contribution in [1.82, 2.24) is 10.6 Å². The van der Waals surface area contributed by atoms with Gasteiger partial charge in [0.1, 0.15) is 18.0 Å². The molecule has 0 aliphatic rings. The summed E-state index contributed by atoms with van der Waals surface area (Å²) in [6.45, 7) is 5.30. The Balaban J connectivity index is 1.73. The van der Waals surface area contributed by atoms with Crippen LogP contribution in [0.25, 0.3) is 0 Å². The second-order valence-electron chi connectivity index (χ2n) is 7.68. The molecular formula is C22H26FN3O4. The first-order chi connectivity index (χ1) is 14.1. The van der Waals surface area contributed by atoms with Crippen molar-refractivity contribution in [3.05, 3.63) is 65.5 Å². The minimum absolute atomic E-state index is 0.142. The second-order valence-corrected chi connectivity index (χ2v) is 7.68. The maximum absolute atomic E-state index is 12.9. The van der Waals surface area contributed by atoms with Gasteiger partial charge in [-0.25, -0.2) is 9.18 Å². The molecule has 0 atom stereocenters. The third kappa shape index (κ3) is 8.72. The van der Waals surface area contributed by atoms with Gasteiger partial charge >= 0.3 is 6.09 Å². The predicted octanol–water partition coefficient (Wildman–Crippen LogP) is 3.15. The molecule has 0 spiro atoms. The van der Waals surface area contributed by atoms with E-state index >= 15 is 0 Å². The molecule has 3 amide bonds. The lowest BCUT2D eigenvalue weighted by Gasteiger charge is -2.19. The highest BCUT2D eigenvalue weighted by Crippen LogP contribution is 2.11. The predicted molar refractivity (Wildman–Crippen MR) is 111 cm³/mol. The Morgan fingerprint density at radius 1 is 0.867 bits per heavy atom. The van der Waals surface area contributed by atoms with Gasteiger partial charge in [0.05, 0.1) is 6.42 Å². The maximum atomic E-state index is 12.9. The summed E-state index contributed by atoms with van der Waals surface area (Å²) >= 11 is 0. The number of halogens is 1. The molecule has 0 aliphatic carbocycles. The van der Waals surface area contributed by atoms with Crippen LogP contribution in [-0.4, -0.2) is 30.1 Å². The highest BCUT2D eigenvalue weighted by molar-refractivity contribution is 5.92.